The Bertz CT molecular complexity index is 884. The van der Waals surface area contributed by atoms with Crippen LogP contribution in [0.1, 0.15) is 49.3 Å². The summed E-state index contributed by atoms with van der Waals surface area (Å²) in [5.41, 5.74) is 5.39. The lowest BCUT2D eigenvalue weighted by Crippen LogP contribution is -2.41. The first kappa shape index (κ1) is 23.0. The van der Waals surface area contributed by atoms with E-state index >= 15 is 0 Å². The highest BCUT2D eigenvalue weighted by molar-refractivity contribution is 5.93. The van der Waals surface area contributed by atoms with E-state index in [0.717, 1.165) is 43.7 Å². The number of hydrogen-bond acceptors (Lipinski definition) is 3. The zero-order valence-corrected chi connectivity index (χ0v) is 19.0. The molecule has 166 valence electrons. The molecule has 0 spiro atoms. The number of hydrogen-bond donors (Lipinski definition) is 2. The molecule has 1 aliphatic heterocycles. The van der Waals surface area contributed by atoms with Gasteiger partial charge in [0.05, 0.1) is 6.54 Å². The van der Waals surface area contributed by atoms with Gasteiger partial charge >= 0.3 is 0 Å². The molecular weight excluding hydrogens is 386 g/mol. The van der Waals surface area contributed by atoms with E-state index in [1.165, 1.54) is 29.5 Å². The second-order valence-corrected chi connectivity index (χ2v) is 8.69. The van der Waals surface area contributed by atoms with Crippen molar-refractivity contribution in [3.63, 3.8) is 0 Å². The van der Waals surface area contributed by atoms with Gasteiger partial charge in [-0.2, -0.15) is 0 Å². The van der Waals surface area contributed by atoms with Crippen LogP contribution in [0.15, 0.2) is 42.5 Å². The Morgan fingerprint density at radius 3 is 2.26 bits per heavy atom. The number of unbranched alkanes of at least 4 members (excludes halogenated alkanes) is 1. The van der Waals surface area contributed by atoms with Crippen LogP contribution >= 0.6 is 0 Å². The molecule has 2 amide bonds. The van der Waals surface area contributed by atoms with Gasteiger partial charge < -0.3 is 10.6 Å². The number of nitrogens with zero attached hydrogens (tertiary/aromatic N) is 1. The van der Waals surface area contributed by atoms with Crippen molar-refractivity contribution in [1.82, 2.24) is 4.90 Å². The van der Waals surface area contributed by atoms with Crippen molar-refractivity contribution in [3.05, 3.63) is 59.2 Å². The summed E-state index contributed by atoms with van der Waals surface area (Å²) in [4.78, 5) is 27.2. The van der Waals surface area contributed by atoms with Crippen molar-refractivity contribution < 1.29 is 9.59 Å². The second kappa shape index (κ2) is 11.1. The molecule has 1 aliphatic rings. The van der Waals surface area contributed by atoms with E-state index in [1.807, 2.05) is 37.3 Å². The van der Waals surface area contributed by atoms with Crippen molar-refractivity contribution in [2.45, 2.75) is 52.9 Å². The number of rotatable bonds is 8. The monoisotopic (exact) mass is 421 g/mol. The third kappa shape index (κ3) is 6.93. The number of aryl methyl sites for hydroxylation is 3. The highest BCUT2D eigenvalue weighted by Crippen LogP contribution is 2.20. The number of likely N-dealkylation sites (tertiary alicyclic amines) is 1. The molecule has 1 saturated heterocycles. The highest BCUT2D eigenvalue weighted by Gasteiger charge is 2.26. The van der Waals surface area contributed by atoms with Gasteiger partial charge in [-0.15, -0.1) is 0 Å². The van der Waals surface area contributed by atoms with Crippen LogP contribution in [0.5, 0.6) is 0 Å². The molecule has 3 rings (SSSR count). The van der Waals surface area contributed by atoms with Crippen LogP contribution in [0.25, 0.3) is 0 Å². The van der Waals surface area contributed by atoms with Gasteiger partial charge in [0.25, 0.3) is 0 Å². The topological polar surface area (TPSA) is 61.4 Å². The van der Waals surface area contributed by atoms with Gasteiger partial charge in [-0.05, 0) is 93.6 Å². The van der Waals surface area contributed by atoms with Gasteiger partial charge in [-0.1, -0.05) is 31.5 Å². The van der Waals surface area contributed by atoms with E-state index in [0.29, 0.717) is 6.54 Å². The number of amides is 2. The minimum absolute atomic E-state index is 0.00109. The van der Waals surface area contributed by atoms with Crippen molar-refractivity contribution >= 4 is 23.2 Å². The van der Waals surface area contributed by atoms with E-state index in [9.17, 15) is 9.59 Å². The van der Waals surface area contributed by atoms with Gasteiger partial charge in [0.1, 0.15) is 0 Å². The normalized spacial score (nSPS) is 14.9. The first-order valence-corrected chi connectivity index (χ1v) is 11.4. The lowest BCUT2D eigenvalue weighted by Gasteiger charge is -2.30. The largest absolute Gasteiger partial charge is 0.326 e. The molecular formula is C26H35N3O2. The average Bonchev–Trinajstić information content (AvgIpc) is 2.76. The average molecular weight is 422 g/mol. The number of nitrogens with one attached hydrogen (secondary N) is 2. The van der Waals surface area contributed by atoms with Crippen LogP contribution in [0.3, 0.4) is 0 Å². The van der Waals surface area contributed by atoms with Gasteiger partial charge in [0.15, 0.2) is 0 Å². The lowest BCUT2D eigenvalue weighted by atomic mass is 9.95. The molecule has 0 unspecified atom stereocenters. The van der Waals surface area contributed by atoms with E-state index < -0.39 is 0 Å². The number of benzene rings is 2. The smallest absolute Gasteiger partial charge is 0.238 e. The maximum absolute atomic E-state index is 12.6. The minimum Gasteiger partial charge on any atom is -0.326 e. The summed E-state index contributed by atoms with van der Waals surface area (Å²) < 4.78 is 0. The number of carbonyl (C=O) groups excluding carboxylic acids is 2. The van der Waals surface area contributed by atoms with Gasteiger partial charge in [-0.25, -0.2) is 0 Å². The van der Waals surface area contributed by atoms with Crippen LogP contribution in [0, 0.1) is 19.8 Å². The second-order valence-electron chi connectivity index (χ2n) is 8.69. The molecule has 0 radical (unpaired) electrons. The fourth-order valence-corrected chi connectivity index (χ4v) is 3.96. The fourth-order valence-electron chi connectivity index (χ4n) is 3.96. The number of carbonyl (C=O) groups is 2. The molecule has 0 saturated carbocycles. The zero-order valence-electron chi connectivity index (χ0n) is 19.0. The Morgan fingerprint density at radius 2 is 1.61 bits per heavy atom. The standard InChI is InChI=1S/C26H35N3O2/c1-4-5-6-21-8-11-23(12-9-21)28-26(31)22-13-15-29(16-14-22)18-25(30)27-24-10-7-19(2)20(3)17-24/h7-12,17,22H,4-6,13-16,18H2,1-3H3,(H,27,30)(H,28,31). The molecule has 1 fully saturated rings. The van der Waals surface area contributed by atoms with E-state index in [2.05, 4.69) is 41.5 Å². The third-order valence-electron chi connectivity index (χ3n) is 6.16. The van der Waals surface area contributed by atoms with Gasteiger partial charge in [0, 0.05) is 17.3 Å². The van der Waals surface area contributed by atoms with Crippen molar-refractivity contribution in [1.29, 1.82) is 0 Å². The van der Waals surface area contributed by atoms with E-state index in [4.69, 9.17) is 0 Å². The fraction of sp³-hybridized carbons (Fsp3) is 0.462. The summed E-state index contributed by atoms with van der Waals surface area (Å²) in [5, 5.41) is 6.04. The molecule has 0 bridgehead atoms. The maximum Gasteiger partial charge on any atom is 0.238 e. The third-order valence-corrected chi connectivity index (χ3v) is 6.16. The predicted molar refractivity (Wildman–Crippen MR) is 127 cm³/mol. The van der Waals surface area contributed by atoms with Crippen LogP contribution in [0.4, 0.5) is 11.4 Å². The Balaban J connectivity index is 1.41. The molecule has 2 N–H and O–H groups in total. The van der Waals surface area contributed by atoms with Crippen molar-refractivity contribution in [2.75, 3.05) is 30.3 Å². The molecule has 0 atom stereocenters. The van der Waals surface area contributed by atoms with Crippen LogP contribution in [-0.4, -0.2) is 36.3 Å². The SMILES string of the molecule is CCCCc1ccc(NC(=O)C2CCN(CC(=O)Nc3ccc(C)c(C)c3)CC2)cc1. The van der Waals surface area contributed by atoms with Crippen LogP contribution < -0.4 is 10.6 Å². The predicted octanol–water partition coefficient (Wildman–Crippen LogP) is 4.94. The maximum atomic E-state index is 12.6. The minimum atomic E-state index is -0.00526. The van der Waals surface area contributed by atoms with Crippen LogP contribution in [-0.2, 0) is 16.0 Å². The van der Waals surface area contributed by atoms with Crippen LogP contribution in [0.2, 0.25) is 0 Å². The van der Waals surface area contributed by atoms with Crippen molar-refractivity contribution in [2.24, 2.45) is 5.92 Å². The van der Waals surface area contributed by atoms with Gasteiger partial charge in [-0.3, -0.25) is 14.5 Å². The molecule has 31 heavy (non-hydrogen) atoms. The zero-order chi connectivity index (χ0) is 22.2. The molecule has 0 aromatic heterocycles. The number of anilines is 2. The molecule has 5 nitrogen and oxygen atoms in total. The molecule has 1 heterocycles. The first-order chi connectivity index (χ1) is 14.9. The molecule has 2 aromatic carbocycles. The summed E-state index contributed by atoms with van der Waals surface area (Å²) in [6.45, 7) is 8.17. The lowest BCUT2D eigenvalue weighted by molar-refractivity contribution is -0.121. The summed E-state index contributed by atoms with van der Waals surface area (Å²) in [6.07, 6.45) is 5.01. The first-order valence-electron chi connectivity index (χ1n) is 11.4. The van der Waals surface area contributed by atoms with E-state index in [-0.39, 0.29) is 17.7 Å². The molecule has 0 aliphatic carbocycles. The summed E-state index contributed by atoms with van der Waals surface area (Å²) in [5.74, 6) is 0.0775. The summed E-state index contributed by atoms with van der Waals surface area (Å²) in [7, 11) is 0. The Kier molecular flexibility index (Phi) is 8.24. The Labute approximate surface area is 186 Å². The molecule has 2 aromatic rings. The summed E-state index contributed by atoms with van der Waals surface area (Å²) >= 11 is 0. The van der Waals surface area contributed by atoms with Gasteiger partial charge in [0.2, 0.25) is 11.8 Å². The highest BCUT2D eigenvalue weighted by atomic mass is 16.2. The molecule has 5 heteroatoms. The quantitative estimate of drug-likeness (QED) is 0.635. The van der Waals surface area contributed by atoms with Crippen molar-refractivity contribution in [3.8, 4) is 0 Å². The number of piperidine rings is 1. The summed E-state index contributed by atoms with van der Waals surface area (Å²) in [6, 6.07) is 14.1. The van der Waals surface area contributed by atoms with E-state index in [1.54, 1.807) is 0 Å². The Morgan fingerprint density at radius 1 is 0.935 bits per heavy atom. The Hall–Kier alpha value is -2.66.